The number of non-ortho nitro benzene ring substituents is 1. The SMILES string of the molecule is CCCCOC(=O)/C(F)=C/c1cccc([N+](=O)[O-])c1. The number of esters is 1. The maximum absolute atomic E-state index is 13.5. The molecule has 19 heavy (non-hydrogen) atoms. The Balaban J connectivity index is 2.75. The molecular formula is C13H14FNO4. The summed E-state index contributed by atoms with van der Waals surface area (Å²) >= 11 is 0. The number of nitro groups is 1. The van der Waals surface area contributed by atoms with Crippen LogP contribution in [0.4, 0.5) is 10.1 Å². The third-order valence-electron chi connectivity index (χ3n) is 2.30. The van der Waals surface area contributed by atoms with Crippen molar-refractivity contribution >= 4 is 17.7 Å². The number of unbranched alkanes of at least 4 members (excludes halogenated alkanes) is 1. The number of rotatable bonds is 6. The summed E-state index contributed by atoms with van der Waals surface area (Å²) in [5.74, 6) is -2.13. The summed E-state index contributed by atoms with van der Waals surface area (Å²) in [4.78, 5) is 21.2. The minimum atomic E-state index is -1.07. The highest BCUT2D eigenvalue weighted by molar-refractivity contribution is 5.91. The summed E-state index contributed by atoms with van der Waals surface area (Å²) in [5.41, 5.74) is 0.0695. The summed E-state index contributed by atoms with van der Waals surface area (Å²) in [6.45, 7) is 2.08. The highest BCUT2D eigenvalue weighted by Gasteiger charge is 2.11. The second kappa shape index (κ2) is 7.25. The molecule has 0 saturated heterocycles. The quantitative estimate of drug-likeness (QED) is 0.261. The molecule has 0 unspecified atom stereocenters. The number of hydrogen-bond acceptors (Lipinski definition) is 4. The van der Waals surface area contributed by atoms with Crippen molar-refractivity contribution < 1.29 is 18.8 Å². The Morgan fingerprint density at radius 3 is 2.89 bits per heavy atom. The Bertz CT molecular complexity index is 499. The van der Waals surface area contributed by atoms with Crippen LogP contribution in [-0.4, -0.2) is 17.5 Å². The maximum Gasteiger partial charge on any atom is 0.367 e. The van der Waals surface area contributed by atoms with Gasteiger partial charge in [-0.1, -0.05) is 25.5 Å². The summed E-state index contributed by atoms with van der Waals surface area (Å²) in [6, 6.07) is 5.35. The van der Waals surface area contributed by atoms with E-state index < -0.39 is 16.7 Å². The van der Waals surface area contributed by atoms with E-state index >= 15 is 0 Å². The number of nitro benzene ring substituents is 1. The van der Waals surface area contributed by atoms with Crippen LogP contribution in [0.5, 0.6) is 0 Å². The van der Waals surface area contributed by atoms with Gasteiger partial charge in [0, 0.05) is 12.1 Å². The molecule has 0 aromatic heterocycles. The molecule has 0 atom stereocenters. The molecule has 1 aromatic carbocycles. The Morgan fingerprint density at radius 1 is 1.53 bits per heavy atom. The van der Waals surface area contributed by atoms with Crippen molar-refractivity contribution in [1.29, 1.82) is 0 Å². The van der Waals surface area contributed by atoms with Crippen molar-refractivity contribution in [1.82, 2.24) is 0 Å². The van der Waals surface area contributed by atoms with Crippen LogP contribution in [0.15, 0.2) is 30.1 Å². The first-order valence-electron chi connectivity index (χ1n) is 5.83. The van der Waals surface area contributed by atoms with Gasteiger partial charge in [-0.25, -0.2) is 4.79 Å². The Hall–Kier alpha value is -2.24. The predicted molar refractivity (Wildman–Crippen MR) is 68.0 cm³/mol. The normalized spacial score (nSPS) is 11.2. The van der Waals surface area contributed by atoms with Crippen molar-refractivity contribution in [2.45, 2.75) is 19.8 Å². The highest BCUT2D eigenvalue weighted by Crippen LogP contribution is 2.16. The molecular weight excluding hydrogens is 253 g/mol. The van der Waals surface area contributed by atoms with E-state index in [-0.39, 0.29) is 17.9 Å². The number of nitrogens with zero attached hydrogens (tertiary/aromatic N) is 1. The van der Waals surface area contributed by atoms with E-state index in [1.54, 1.807) is 0 Å². The number of carbonyl (C=O) groups excluding carboxylic acids is 1. The summed E-state index contributed by atoms with van der Waals surface area (Å²) in [5, 5.41) is 10.5. The van der Waals surface area contributed by atoms with Gasteiger partial charge in [0.1, 0.15) is 0 Å². The van der Waals surface area contributed by atoms with Crippen LogP contribution in [0.2, 0.25) is 0 Å². The fourth-order valence-electron chi connectivity index (χ4n) is 1.31. The minimum Gasteiger partial charge on any atom is -0.460 e. The number of hydrogen-bond donors (Lipinski definition) is 0. The third kappa shape index (κ3) is 4.87. The lowest BCUT2D eigenvalue weighted by molar-refractivity contribution is -0.384. The predicted octanol–water partition coefficient (Wildman–Crippen LogP) is 3.25. The monoisotopic (exact) mass is 267 g/mol. The zero-order valence-corrected chi connectivity index (χ0v) is 10.5. The van der Waals surface area contributed by atoms with Gasteiger partial charge in [0.2, 0.25) is 5.83 Å². The van der Waals surface area contributed by atoms with E-state index in [0.29, 0.717) is 6.42 Å². The van der Waals surface area contributed by atoms with Gasteiger partial charge in [-0.15, -0.1) is 0 Å². The zero-order chi connectivity index (χ0) is 14.3. The second-order valence-corrected chi connectivity index (χ2v) is 3.83. The van der Waals surface area contributed by atoms with Crippen LogP contribution in [0.25, 0.3) is 6.08 Å². The fraction of sp³-hybridized carbons (Fsp3) is 0.308. The molecule has 0 spiro atoms. The number of benzene rings is 1. The Labute approximate surface area is 109 Å². The van der Waals surface area contributed by atoms with E-state index in [9.17, 15) is 19.3 Å². The van der Waals surface area contributed by atoms with Gasteiger partial charge in [-0.2, -0.15) is 4.39 Å². The van der Waals surface area contributed by atoms with Gasteiger partial charge in [0.15, 0.2) is 0 Å². The van der Waals surface area contributed by atoms with E-state index in [4.69, 9.17) is 0 Å². The van der Waals surface area contributed by atoms with Crippen LogP contribution >= 0.6 is 0 Å². The highest BCUT2D eigenvalue weighted by atomic mass is 19.1. The summed E-state index contributed by atoms with van der Waals surface area (Å²) < 4.78 is 18.1. The van der Waals surface area contributed by atoms with Crippen molar-refractivity contribution in [3.8, 4) is 0 Å². The van der Waals surface area contributed by atoms with Crippen LogP contribution in [0.1, 0.15) is 25.3 Å². The summed E-state index contributed by atoms with van der Waals surface area (Å²) in [6.07, 6.45) is 2.42. The largest absolute Gasteiger partial charge is 0.460 e. The van der Waals surface area contributed by atoms with Crippen LogP contribution < -0.4 is 0 Å². The van der Waals surface area contributed by atoms with E-state index in [2.05, 4.69) is 4.74 Å². The molecule has 0 aliphatic heterocycles. The molecule has 5 nitrogen and oxygen atoms in total. The van der Waals surface area contributed by atoms with Crippen molar-refractivity contribution in [3.63, 3.8) is 0 Å². The molecule has 0 fully saturated rings. The van der Waals surface area contributed by atoms with Crippen molar-refractivity contribution in [2.75, 3.05) is 6.61 Å². The standard InChI is InChI=1S/C13H14FNO4/c1-2-3-7-19-13(16)12(14)9-10-5-4-6-11(8-10)15(17)18/h4-6,8-9H,2-3,7H2,1H3/b12-9-. The van der Waals surface area contributed by atoms with Crippen molar-refractivity contribution in [3.05, 3.63) is 45.8 Å². The lowest BCUT2D eigenvalue weighted by atomic mass is 10.2. The Morgan fingerprint density at radius 2 is 2.26 bits per heavy atom. The number of halogens is 1. The lowest BCUT2D eigenvalue weighted by Gasteiger charge is -2.01. The van der Waals surface area contributed by atoms with E-state index in [1.165, 1.54) is 24.3 Å². The topological polar surface area (TPSA) is 69.4 Å². The maximum atomic E-state index is 13.5. The average molecular weight is 267 g/mol. The van der Waals surface area contributed by atoms with Gasteiger partial charge >= 0.3 is 5.97 Å². The van der Waals surface area contributed by atoms with Crippen LogP contribution in [0, 0.1) is 10.1 Å². The zero-order valence-electron chi connectivity index (χ0n) is 10.5. The number of ether oxygens (including phenoxy) is 1. The third-order valence-corrected chi connectivity index (χ3v) is 2.30. The lowest BCUT2D eigenvalue weighted by Crippen LogP contribution is -2.06. The first kappa shape index (κ1) is 14.8. The smallest absolute Gasteiger partial charge is 0.367 e. The van der Waals surface area contributed by atoms with Crippen LogP contribution in [-0.2, 0) is 9.53 Å². The minimum absolute atomic E-state index is 0.158. The van der Waals surface area contributed by atoms with Crippen molar-refractivity contribution in [2.24, 2.45) is 0 Å². The molecule has 0 aliphatic carbocycles. The molecule has 1 aromatic rings. The van der Waals surface area contributed by atoms with Gasteiger partial charge in [0.25, 0.3) is 5.69 Å². The molecule has 0 saturated carbocycles. The van der Waals surface area contributed by atoms with Gasteiger partial charge in [-0.3, -0.25) is 10.1 Å². The number of carbonyl (C=O) groups is 1. The van der Waals surface area contributed by atoms with E-state index in [1.807, 2.05) is 6.92 Å². The van der Waals surface area contributed by atoms with Gasteiger partial charge in [0.05, 0.1) is 11.5 Å². The molecule has 102 valence electrons. The van der Waals surface area contributed by atoms with Gasteiger partial charge in [-0.05, 0) is 18.1 Å². The molecule has 0 radical (unpaired) electrons. The average Bonchev–Trinajstić information content (AvgIpc) is 2.39. The first-order valence-corrected chi connectivity index (χ1v) is 5.83. The summed E-state index contributed by atoms with van der Waals surface area (Å²) in [7, 11) is 0. The van der Waals surface area contributed by atoms with E-state index in [0.717, 1.165) is 12.5 Å². The molecule has 1 rings (SSSR count). The molecule has 0 N–H and O–H groups in total. The molecule has 0 bridgehead atoms. The molecule has 0 aliphatic rings. The Kier molecular flexibility index (Phi) is 5.66. The molecule has 0 heterocycles. The van der Waals surface area contributed by atoms with Gasteiger partial charge < -0.3 is 4.74 Å². The molecule has 6 heteroatoms. The second-order valence-electron chi connectivity index (χ2n) is 3.83. The van der Waals surface area contributed by atoms with Crippen LogP contribution in [0.3, 0.4) is 0 Å². The first-order chi connectivity index (χ1) is 9.04. The molecule has 0 amide bonds. The fourth-order valence-corrected chi connectivity index (χ4v) is 1.31.